The second-order valence-electron chi connectivity index (χ2n) is 2.96. The number of carboxylic acids is 1. The fraction of sp³-hybridized carbons (Fsp3) is 0.400. The predicted molar refractivity (Wildman–Crippen MR) is 52.8 cm³/mol. The highest BCUT2D eigenvalue weighted by Gasteiger charge is 2.12. The third-order valence-electron chi connectivity index (χ3n) is 1.81. The van der Waals surface area contributed by atoms with Crippen molar-refractivity contribution in [3.8, 4) is 5.75 Å². The number of aliphatic carboxylic acids is 1. The average molecular weight is 211 g/mol. The largest absolute Gasteiger partial charge is 0.489 e. The fourth-order valence-corrected chi connectivity index (χ4v) is 1.03. The van der Waals surface area contributed by atoms with Gasteiger partial charge in [0.1, 0.15) is 18.5 Å². The zero-order valence-electron chi connectivity index (χ0n) is 8.42. The Kier molecular flexibility index (Phi) is 4.56. The van der Waals surface area contributed by atoms with Gasteiger partial charge in [-0.15, -0.1) is 0 Å². The summed E-state index contributed by atoms with van der Waals surface area (Å²) in [6.07, 6.45) is 2.69. The number of aromatic nitrogens is 1. The van der Waals surface area contributed by atoms with E-state index in [0.717, 1.165) is 0 Å². The van der Waals surface area contributed by atoms with Gasteiger partial charge in [0.25, 0.3) is 0 Å². The first-order valence-electron chi connectivity index (χ1n) is 4.49. The summed E-state index contributed by atoms with van der Waals surface area (Å²) in [5.74, 6) is -0.304. The molecule has 0 aliphatic carbocycles. The lowest BCUT2D eigenvalue weighted by molar-refractivity contribution is -0.140. The molecule has 0 saturated carbocycles. The molecular weight excluding hydrogens is 198 g/mol. The lowest BCUT2D eigenvalue weighted by atomic mass is 10.3. The number of pyridine rings is 1. The monoisotopic (exact) mass is 211 g/mol. The van der Waals surface area contributed by atoms with E-state index < -0.39 is 12.1 Å². The van der Waals surface area contributed by atoms with E-state index in [9.17, 15) is 4.79 Å². The second-order valence-corrected chi connectivity index (χ2v) is 2.96. The van der Waals surface area contributed by atoms with Crippen molar-refractivity contribution in [1.29, 1.82) is 0 Å². The van der Waals surface area contributed by atoms with E-state index in [1.165, 1.54) is 7.11 Å². The SMILES string of the molecule is COC(COc1cccnc1)CC(=O)O. The number of hydrogen-bond acceptors (Lipinski definition) is 4. The predicted octanol–water partition coefficient (Wildman–Crippen LogP) is 0.950. The van der Waals surface area contributed by atoms with Crippen molar-refractivity contribution in [3.63, 3.8) is 0 Å². The van der Waals surface area contributed by atoms with Crippen LogP contribution >= 0.6 is 0 Å². The Labute approximate surface area is 87.7 Å². The van der Waals surface area contributed by atoms with Gasteiger partial charge < -0.3 is 14.6 Å². The van der Waals surface area contributed by atoms with Gasteiger partial charge in [0.05, 0.1) is 12.6 Å². The summed E-state index contributed by atoms with van der Waals surface area (Å²) < 4.78 is 10.3. The van der Waals surface area contributed by atoms with E-state index in [0.29, 0.717) is 5.75 Å². The van der Waals surface area contributed by atoms with Crippen LogP contribution in [0.25, 0.3) is 0 Å². The van der Waals surface area contributed by atoms with Crippen LogP contribution in [0.4, 0.5) is 0 Å². The summed E-state index contributed by atoms with van der Waals surface area (Å²) in [4.78, 5) is 14.3. The van der Waals surface area contributed by atoms with Crippen molar-refractivity contribution in [3.05, 3.63) is 24.5 Å². The van der Waals surface area contributed by atoms with Crippen molar-refractivity contribution in [2.75, 3.05) is 13.7 Å². The summed E-state index contributed by atoms with van der Waals surface area (Å²) in [6, 6.07) is 3.49. The third kappa shape index (κ3) is 4.42. The lowest BCUT2D eigenvalue weighted by Gasteiger charge is -2.13. The highest BCUT2D eigenvalue weighted by atomic mass is 16.5. The summed E-state index contributed by atoms with van der Waals surface area (Å²) >= 11 is 0. The minimum absolute atomic E-state index is 0.0727. The zero-order chi connectivity index (χ0) is 11.1. The molecule has 1 atom stereocenters. The molecule has 1 aromatic rings. The Morgan fingerprint density at radius 2 is 2.47 bits per heavy atom. The highest BCUT2D eigenvalue weighted by Crippen LogP contribution is 2.08. The van der Waals surface area contributed by atoms with Crippen LogP contribution in [0.1, 0.15) is 6.42 Å². The molecule has 0 saturated heterocycles. The van der Waals surface area contributed by atoms with Gasteiger partial charge in [-0.25, -0.2) is 0 Å². The first-order chi connectivity index (χ1) is 7.22. The lowest BCUT2D eigenvalue weighted by Crippen LogP contribution is -2.23. The molecule has 0 aliphatic rings. The van der Waals surface area contributed by atoms with Crippen molar-refractivity contribution in [2.45, 2.75) is 12.5 Å². The van der Waals surface area contributed by atoms with Crippen LogP contribution in [0.2, 0.25) is 0 Å². The summed E-state index contributed by atoms with van der Waals surface area (Å²) in [5, 5.41) is 8.56. The molecule has 1 aromatic heterocycles. The van der Waals surface area contributed by atoms with Crippen LogP contribution in [-0.2, 0) is 9.53 Å². The minimum Gasteiger partial charge on any atom is -0.489 e. The Hall–Kier alpha value is -1.62. The molecule has 1 rings (SSSR count). The van der Waals surface area contributed by atoms with Gasteiger partial charge in [-0.05, 0) is 12.1 Å². The number of nitrogens with zero attached hydrogens (tertiary/aromatic N) is 1. The summed E-state index contributed by atoms with van der Waals surface area (Å²) in [5.41, 5.74) is 0. The normalized spacial score (nSPS) is 12.1. The van der Waals surface area contributed by atoms with Gasteiger partial charge in [0, 0.05) is 13.3 Å². The summed E-state index contributed by atoms with van der Waals surface area (Å²) in [6.45, 7) is 0.203. The number of hydrogen-bond donors (Lipinski definition) is 1. The standard InChI is InChI=1S/C10H13NO4/c1-14-9(5-10(12)13)7-15-8-3-2-4-11-6-8/h2-4,6,9H,5,7H2,1H3,(H,12,13). The van der Waals surface area contributed by atoms with Crippen molar-refractivity contribution >= 4 is 5.97 Å². The van der Waals surface area contributed by atoms with Crippen LogP contribution in [0, 0.1) is 0 Å². The summed E-state index contributed by atoms with van der Waals surface area (Å²) in [7, 11) is 1.46. The third-order valence-corrected chi connectivity index (χ3v) is 1.81. The van der Waals surface area contributed by atoms with E-state index in [1.807, 2.05) is 0 Å². The molecule has 0 spiro atoms. The maximum atomic E-state index is 10.4. The molecular formula is C10H13NO4. The Morgan fingerprint density at radius 1 is 1.67 bits per heavy atom. The van der Waals surface area contributed by atoms with Gasteiger partial charge >= 0.3 is 5.97 Å². The van der Waals surface area contributed by atoms with Crippen molar-refractivity contribution in [1.82, 2.24) is 4.98 Å². The zero-order valence-corrected chi connectivity index (χ0v) is 8.42. The topological polar surface area (TPSA) is 68.7 Å². The molecule has 1 heterocycles. The molecule has 0 aromatic carbocycles. The fourth-order valence-electron chi connectivity index (χ4n) is 1.03. The molecule has 1 N–H and O–H groups in total. The van der Waals surface area contributed by atoms with Crippen molar-refractivity contribution in [2.24, 2.45) is 0 Å². The molecule has 5 heteroatoms. The number of carbonyl (C=O) groups is 1. The van der Waals surface area contributed by atoms with E-state index in [-0.39, 0.29) is 13.0 Å². The maximum Gasteiger partial charge on any atom is 0.306 e. The van der Waals surface area contributed by atoms with Gasteiger partial charge in [-0.2, -0.15) is 0 Å². The Bertz CT molecular complexity index is 302. The minimum atomic E-state index is -0.906. The van der Waals surface area contributed by atoms with E-state index in [1.54, 1.807) is 24.5 Å². The molecule has 0 aliphatic heterocycles. The molecule has 0 bridgehead atoms. The first-order valence-corrected chi connectivity index (χ1v) is 4.49. The molecule has 0 fully saturated rings. The van der Waals surface area contributed by atoms with Gasteiger partial charge in [0.15, 0.2) is 0 Å². The molecule has 1 unspecified atom stereocenters. The highest BCUT2D eigenvalue weighted by molar-refractivity contribution is 5.67. The average Bonchev–Trinajstić information content (AvgIpc) is 2.25. The van der Waals surface area contributed by atoms with Gasteiger partial charge in [-0.3, -0.25) is 9.78 Å². The van der Waals surface area contributed by atoms with Gasteiger partial charge in [0.2, 0.25) is 0 Å². The second kappa shape index (κ2) is 5.98. The number of ether oxygens (including phenoxy) is 2. The molecule has 82 valence electrons. The van der Waals surface area contributed by atoms with Crippen LogP contribution in [0.5, 0.6) is 5.75 Å². The van der Waals surface area contributed by atoms with Gasteiger partial charge in [-0.1, -0.05) is 0 Å². The first kappa shape index (κ1) is 11.5. The van der Waals surface area contributed by atoms with Crippen LogP contribution in [0.3, 0.4) is 0 Å². The number of carboxylic acid groups (broad SMARTS) is 1. The molecule has 0 amide bonds. The van der Waals surface area contributed by atoms with E-state index >= 15 is 0 Å². The molecule has 15 heavy (non-hydrogen) atoms. The number of rotatable bonds is 6. The quantitative estimate of drug-likeness (QED) is 0.758. The van der Waals surface area contributed by atoms with Crippen LogP contribution < -0.4 is 4.74 Å². The Morgan fingerprint density at radius 3 is 3.00 bits per heavy atom. The van der Waals surface area contributed by atoms with E-state index in [4.69, 9.17) is 14.6 Å². The smallest absolute Gasteiger partial charge is 0.306 e. The number of methoxy groups -OCH3 is 1. The van der Waals surface area contributed by atoms with E-state index in [2.05, 4.69) is 4.98 Å². The maximum absolute atomic E-state index is 10.4. The van der Waals surface area contributed by atoms with Crippen LogP contribution in [-0.4, -0.2) is 35.9 Å². The molecule has 0 radical (unpaired) electrons. The van der Waals surface area contributed by atoms with Crippen LogP contribution in [0.15, 0.2) is 24.5 Å². The Balaban J connectivity index is 2.37. The van der Waals surface area contributed by atoms with Crippen molar-refractivity contribution < 1.29 is 19.4 Å². The molecule has 5 nitrogen and oxygen atoms in total.